The first kappa shape index (κ1) is 24.7. The van der Waals surface area contributed by atoms with Gasteiger partial charge in [-0.2, -0.15) is 0 Å². The first-order valence-corrected chi connectivity index (χ1v) is 12.1. The molecule has 0 bridgehead atoms. The third-order valence-corrected chi connectivity index (χ3v) is 6.69. The molecule has 1 fully saturated rings. The Balaban J connectivity index is 1.36. The van der Waals surface area contributed by atoms with Crippen molar-refractivity contribution in [3.63, 3.8) is 0 Å². The van der Waals surface area contributed by atoms with Crippen LogP contribution in [0.1, 0.15) is 50.2 Å². The Hall–Kier alpha value is -3.39. The van der Waals surface area contributed by atoms with E-state index in [-0.39, 0.29) is 31.5 Å². The number of alkyl carbamates (subject to hydrolysis) is 1. The molecule has 0 aromatic heterocycles. The fourth-order valence-electron chi connectivity index (χ4n) is 4.91. The van der Waals surface area contributed by atoms with Gasteiger partial charge in [-0.25, -0.2) is 9.59 Å². The third kappa shape index (κ3) is 5.48. The number of unbranched alkanes of at least 4 members (excludes halogenated alkanes) is 1. The predicted molar refractivity (Wildman–Crippen MR) is 130 cm³/mol. The highest BCUT2D eigenvalue weighted by Crippen LogP contribution is 2.44. The summed E-state index contributed by atoms with van der Waals surface area (Å²) in [4.78, 5) is 38.2. The van der Waals surface area contributed by atoms with Gasteiger partial charge in [0.05, 0.1) is 13.1 Å². The van der Waals surface area contributed by atoms with Crippen molar-refractivity contribution in [2.75, 3.05) is 26.3 Å². The van der Waals surface area contributed by atoms with Gasteiger partial charge in [0.2, 0.25) is 5.91 Å². The van der Waals surface area contributed by atoms with E-state index in [9.17, 15) is 14.4 Å². The van der Waals surface area contributed by atoms with E-state index in [4.69, 9.17) is 14.6 Å². The molecule has 1 aliphatic carbocycles. The summed E-state index contributed by atoms with van der Waals surface area (Å²) in [5, 5.41) is 11.6. The van der Waals surface area contributed by atoms with E-state index >= 15 is 0 Å². The number of benzene rings is 2. The predicted octanol–water partition coefficient (Wildman–Crippen LogP) is 3.79. The van der Waals surface area contributed by atoms with Crippen molar-refractivity contribution in [2.45, 2.75) is 50.7 Å². The molecule has 2 aromatic rings. The van der Waals surface area contributed by atoms with Crippen LogP contribution in [-0.2, 0) is 19.1 Å². The number of amides is 2. The lowest BCUT2D eigenvalue weighted by Gasteiger charge is -2.48. The number of hydrogen-bond acceptors (Lipinski definition) is 5. The number of rotatable bonds is 10. The number of fused-ring (bicyclic) bond motifs is 3. The Bertz CT molecular complexity index is 1050. The first-order chi connectivity index (χ1) is 16.8. The SMILES string of the molecule is CCCC[C@H](NC(=O)OCC1c2ccccc2-c2ccccc21)C(=O)N1CC(C)(OCC(=O)O)C1. The molecule has 4 rings (SSSR count). The Labute approximate surface area is 205 Å². The number of nitrogens with zero attached hydrogens (tertiary/aromatic N) is 1. The first-order valence-electron chi connectivity index (χ1n) is 12.1. The molecule has 2 N–H and O–H groups in total. The highest BCUT2D eigenvalue weighted by molar-refractivity contribution is 5.86. The molecule has 1 atom stereocenters. The van der Waals surface area contributed by atoms with E-state index in [0.29, 0.717) is 6.42 Å². The molecule has 2 aromatic carbocycles. The van der Waals surface area contributed by atoms with Crippen LogP contribution in [0.3, 0.4) is 0 Å². The summed E-state index contributed by atoms with van der Waals surface area (Å²) in [6, 6.07) is 15.5. The van der Waals surface area contributed by atoms with E-state index in [1.54, 1.807) is 11.8 Å². The van der Waals surface area contributed by atoms with Gasteiger partial charge in [0, 0.05) is 5.92 Å². The van der Waals surface area contributed by atoms with Gasteiger partial charge in [-0.3, -0.25) is 4.79 Å². The number of carboxylic acids is 1. The minimum Gasteiger partial charge on any atom is -0.480 e. The average Bonchev–Trinajstić information content (AvgIpc) is 3.15. The molecule has 2 amide bonds. The van der Waals surface area contributed by atoms with Crippen molar-refractivity contribution < 1.29 is 29.0 Å². The summed E-state index contributed by atoms with van der Waals surface area (Å²) in [5.74, 6) is -1.31. The highest BCUT2D eigenvalue weighted by atomic mass is 16.5. The second-order valence-electron chi connectivity index (χ2n) is 9.49. The van der Waals surface area contributed by atoms with Crippen LogP contribution in [0.4, 0.5) is 4.79 Å². The van der Waals surface area contributed by atoms with Gasteiger partial charge in [0.25, 0.3) is 0 Å². The smallest absolute Gasteiger partial charge is 0.407 e. The monoisotopic (exact) mass is 480 g/mol. The van der Waals surface area contributed by atoms with E-state index in [2.05, 4.69) is 29.6 Å². The zero-order valence-electron chi connectivity index (χ0n) is 20.2. The molecular weight excluding hydrogens is 448 g/mol. The van der Waals surface area contributed by atoms with Gasteiger partial charge >= 0.3 is 12.1 Å². The zero-order valence-corrected chi connectivity index (χ0v) is 20.2. The topological polar surface area (TPSA) is 105 Å². The Kier molecular flexibility index (Phi) is 7.40. The van der Waals surface area contributed by atoms with Crippen molar-refractivity contribution in [1.82, 2.24) is 10.2 Å². The lowest BCUT2D eigenvalue weighted by Crippen LogP contribution is -2.66. The van der Waals surface area contributed by atoms with Gasteiger partial charge in [-0.15, -0.1) is 0 Å². The van der Waals surface area contributed by atoms with Crippen LogP contribution in [-0.4, -0.2) is 65.9 Å². The molecule has 2 aliphatic rings. The van der Waals surface area contributed by atoms with Gasteiger partial charge < -0.3 is 24.8 Å². The number of nitrogens with one attached hydrogen (secondary N) is 1. The van der Waals surface area contributed by atoms with Crippen LogP contribution in [0.15, 0.2) is 48.5 Å². The number of likely N-dealkylation sites (tertiary alicyclic amines) is 1. The largest absolute Gasteiger partial charge is 0.480 e. The quantitative estimate of drug-likeness (QED) is 0.536. The molecule has 1 saturated heterocycles. The fourth-order valence-corrected chi connectivity index (χ4v) is 4.91. The number of ether oxygens (including phenoxy) is 2. The highest BCUT2D eigenvalue weighted by Gasteiger charge is 2.44. The van der Waals surface area contributed by atoms with Crippen molar-refractivity contribution in [1.29, 1.82) is 0 Å². The van der Waals surface area contributed by atoms with Crippen LogP contribution >= 0.6 is 0 Å². The number of carboxylic acid groups (broad SMARTS) is 1. The zero-order chi connectivity index (χ0) is 25.0. The normalized spacial score (nSPS) is 16.6. The van der Waals surface area contributed by atoms with Crippen molar-refractivity contribution >= 4 is 18.0 Å². The van der Waals surface area contributed by atoms with Gasteiger partial charge in [0.1, 0.15) is 24.9 Å². The van der Waals surface area contributed by atoms with Gasteiger partial charge in [0.15, 0.2) is 0 Å². The Morgan fingerprint density at radius 2 is 1.69 bits per heavy atom. The number of carbonyl (C=O) groups excluding carboxylic acids is 2. The summed E-state index contributed by atoms with van der Waals surface area (Å²) in [7, 11) is 0. The van der Waals surface area contributed by atoms with Crippen LogP contribution < -0.4 is 5.32 Å². The molecule has 1 heterocycles. The lowest BCUT2D eigenvalue weighted by atomic mass is 9.94. The maximum Gasteiger partial charge on any atom is 0.407 e. The molecule has 0 spiro atoms. The number of aliphatic carboxylic acids is 1. The summed E-state index contributed by atoms with van der Waals surface area (Å²) in [5.41, 5.74) is 3.87. The van der Waals surface area contributed by atoms with E-state index in [0.717, 1.165) is 35.1 Å². The third-order valence-electron chi connectivity index (χ3n) is 6.69. The number of hydrogen-bond donors (Lipinski definition) is 2. The molecule has 35 heavy (non-hydrogen) atoms. The van der Waals surface area contributed by atoms with Crippen LogP contribution in [0, 0.1) is 0 Å². The molecule has 0 unspecified atom stereocenters. The maximum absolute atomic E-state index is 13.1. The summed E-state index contributed by atoms with van der Waals surface area (Å²) >= 11 is 0. The van der Waals surface area contributed by atoms with E-state index in [1.165, 1.54) is 0 Å². The van der Waals surface area contributed by atoms with Crippen LogP contribution in [0.5, 0.6) is 0 Å². The molecular formula is C27H32N2O6. The summed E-state index contributed by atoms with van der Waals surface area (Å²) in [6.07, 6.45) is 1.55. The number of carbonyl (C=O) groups is 3. The van der Waals surface area contributed by atoms with Crippen molar-refractivity contribution in [2.24, 2.45) is 0 Å². The molecule has 0 saturated carbocycles. The minimum absolute atomic E-state index is 0.0552. The molecule has 1 aliphatic heterocycles. The van der Waals surface area contributed by atoms with Crippen molar-refractivity contribution in [3.05, 3.63) is 59.7 Å². The van der Waals surface area contributed by atoms with Gasteiger partial charge in [-0.05, 0) is 35.6 Å². The second kappa shape index (κ2) is 10.5. The molecule has 8 heteroatoms. The van der Waals surface area contributed by atoms with Gasteiger partial charge in [-0.1, -0.05) is 68.3 Å². The van der Waals surface area contributed by atoms with Crippen LogP contribution in [0.25, 0.3) is 11.1 Å². The average molecular weight is 481 g/mol. The van der Waals surface area contributed by atoms with E-state index < -0.39 is 30.3 Å². The maximum atomic E-state index is 13.1. The van der Waals surface area contributed by atoms with E-state index in [1.807, 2.05) is 31.2 Å². The second-order valence-corrected chi connectivity index (χ2v) is 9.49. The van der Waals surface area contributed by atoms with Crippen LogP contribution in [0.2, 0.25) is 0 Å². The standard InChI is InChI=1S/C27H32N2O6/c1-3-4-13-23(25(32)29-16-27(2,17-29)35-15-24(30)31)28-26(33)34-14-22-20-11-7-5-9-18(20)19-10-6-8-12-21(19)22/h5-12,22-23H,3-4,13-17H2,1-2H3,(H,28,33)(H,30,31)/t23-/m0/s1. The van der Waals surface area contributed by atoms with Crippen molar-refractivity contribution in [3.8, 4) is 11.1 Å². The molecule has 186 valence electrons. The summed E-state index contributed by atoms with van der Waals surface area (Å²) < 4.78 is 11.0. The Morgan fingerprint density at radius 3 is 2.26 bits per heavy atom. The molecule has 0 radical (unpaired) electrons. The minimum atomic E-state index is -1.05. The lowest BCUT2D eigenvalue weighted by molar-refractivity contribution is -0.174. The molecule has 8 nitrogen and oxygen atoms in total. The summed E-state index contributed by atoms with van der Waals surface area (Å²) in [6.45, 7) is 4.15. The fraction of sp³-hybridized carbons (Fsp3) is 0.444. The Morgan fingerprint density at radius 1 is 1.09 bits per heavy atom.